The highest BCUT2D eigenvalue weighted by atomic mass is 16.3. The van der Waals surface area contributed by atoms with Gasteiger partial charge in [-0.25, -0.2) is 0 Å². The van der Waals surface area contributed by atoms with Crippen LogP contribution in [-0.4, -0.2) is 44.4 Å². The third-order valence-electron chi connectivity index (χ3n) is 5.63. The summed E-state index contributed by atoms with van der Waals surface area (Å²) < 4.78 is 2.11. The van der Waals surface area contributed by atoms with Gasteiger partial charge in [-0.3, -0.25) is 14.4 Å². The van der Waals surface area contributed by atoms with Crippen molar-refractivity contribution in [3.05, 3.63) is 17.5 Å². The van der Waals surface area contributed by atoms with Crippen molar-refractivity contribution in [1.29, 1.82) is 0 Å². The van der Waals surface area contributed by atoms with E-state index in [1.807, 2.05) is 13.8 Å². The molecule has 1 amide bonds. The Hall–Kier alpha value is -1.40. The third-order valence-corrected chi connectivity index (χ3v) is 5.63. The van der Waals surface area contributed by atoms with Gasteiger partial charge in [-0.1, -0.05) is 33.1 Å². The Morgan fingerprint density at radius 3 is 2.77 bits per heavy atom. The van der Waals surface area contributed by atoms with E-state index in [0.717, 1.165) is 37.8 Å². The van der Waals surface area contributed by atoms with Crippen molar-refractivity contribution < 1.29 is 9.90 Å². The predicted molar refractivity (Wildman–Crippen MR) is 101 cm³/mol. The first-order chi connectivity index (χ1) is 12.5. The van der Waals surface area contributed by atoms with Crippen molar-refractivity contribution >= 4 is 5.91 Å². The fourth-order valence-corrected chi connectivity index (χ4v) is 4.24. The molecule has 1 saturated carbocycles. The van der Waals surface area contributed by atoms with Gasteiger partial charge in [-0.15, -0.1) is 0 Å². The van der Waals surface area contributed by atoms with Crippen LogP contribution in [0.5, 0.6) is 0 Å². The van der Waals surface area contributed by atoms with E-state index in [1.165, 1.54) is 37.8 Å². The molecule has 0 aromatic carbocycles. The van der Waals surface area contributed by atoms with Crippen LogP contribution in [0.1, 0.15) is 70.2 Å². The lowest BCUT2D eigenvalue weighted by molar-refractivity contribution is -0.130. The van der Waals surface area contributed by atoms with E-state index in [9.17, 15) is 9.90 Å². The summed E-state index contributed by atoms with van der Waals surface area (Å²) in [5.74, 6) is -0.00378. The van der Waals surface area contributed by atoms with E-state index < -0.39 is 6.10 Å². The van der Waals surface area contributed by atoms with Crippen LogP contribution in [0.15, 0.2) is 6.07 Å². The first kappa shape index (κ1) is 19.4. The number of aromatic nitrogens is 2. The summed E-state index contributed by atoms with van der Waals surface area (Å²) in [6.45, 7) is 7.45. The summed E-state index contributed by atoms with van der Waals surface area (Å²) in [6, 6.07) is 2.84. The van der Waals surface area contributed by atoms with Crippen LogP contribution in [0.25, 0.3) is 0 Å². The van der Waals surface area contributed by atoms with Gasteiger partial charge in [0.2, 0.25) is 5.91 Å². The standard InChI is InChI=1S/C20H34N4O2/c1-15(2)11-19(25)20(26)21-13-16-12-18-14-23(9-6-10-24(18)22-16)17-7-4-3-5-8-17/h12,15,17,19,25H,3-11,13-14H2,1-2H3,(H,21,26). The molecule has 1 aromatic rings. The highest BCUT2D eigenvalue weighted by Crippen LogP contribution is 2.26. The first-order valence-electron chi connectivity index (χ1n) is 10.3. The van der Waals surface area contributed by atoms with E-state index in [2.05, 4.69) is 26.1 Å². The van der Waals surface area contributed by atoms with Gasteiger partial charge in [0, 0.05) is 25.7 Å². The summed E-state index contributed by atoms with van der Waals surface area (Å²) in [5, 5.41) is 17.4. The highest BCUT2D eigenvalue weighted by Gasteiger charge is 2.25. The van der Waals surface area contributed by atoms with Gasteiger partial charge in [0.05, 0.1) is 17.9 Å². The smallest absolute Gasteiger partial charge is 0.249 e. The minimum Gasteiger partial charge on any atom is -0.383 e. The monoisotopic (exact) mass is 362 g/mol. The largest absolute Gasteiger partial charge is 0.383 e. The second-order valence-corrected chi connectivity index (χ2v) is 8.33. The number of nitrogens with zero attached hydrogens (tertiary/aromatic N) is 3. The summed E-state index contributed by atoms with van der Waals surface area (Å²) in [5.41, 5.74) is 2.13. The number of aliphatic hydroxyl groups excluding tert-OH is 1. The number of rotatable bonds is 6. The van der Waals surface area contributed by atoms with E-state index in [0.29, 0.717) is 18.9 Å². The van der Waals surface area contributed by atoms with Crippen LogP contribution in [0.2, 0.25) is 0 Å². The Morgan fingerprint density at radius 2 is 2.04 bits per heavy atom. The molecule has 26 heavy (non-hydrogen) atoms. The molecule has 6 heteroatoms. The summed E-state index contributed by atoms with van der Waals surface area (Å²) >= 11 is 0. The molecule has 1 fully saturated rings. The van der Waals surface area contributed by atoms with Gasteiger partial charge in [0.25, 0.3) is 0 Å². The molecular weight excluding hydrogens is 328 g/mol. The molecule has 1 aromatic heterocycles. The SMILES string of the molecule is CC(C)CC(O)C(=O)NCc1cc2n(n1)CCCN(C1CCCCC1)C2. The second-order valence-electron chi connectivity index (χ2n) is 8.33. The normalized spacial score (nSPS) is 20.6. The predicted octanol–water partition coefficient (Wildman–Crippen LogP) is 2.44. The number of aryl methyl sites for hydroxylation is 1. The van der Waals surface area contributed by atoms with Crippen molar-refractivity contribution in [1.82, 2.24) is 20.0 Å². The fourth-order valence-electron chi connectivity index (χ4n) is 4.24. The van der Waals surface area contributed by atoms with Crippen molar-refractivity contribution in [2.75, 3.05) is 6.54 Å². The number of carbonyl (C=O) groups excluding carboxylic acids is 1. The van der Waals surface area contributed by atoms with Crippen LogP contribution in [0.3, 0.4) is 0 Å². The average molecular weight is 363 g/mol. The van der Waals surface area contributed by atoms with Crippen molar-refractivity contribution in [2.45, 2.75) is 90.6 Å². The molecule has 3 rings (SSSR count). The van der Waals surface area contributed by atoms with E-state index >= 15 is 0 Å². The number of hydrogen-bond acceptors (Lipinski definition) is 4. The molecule has 2 N–H and O–H groups in total. The average Bonchev–Trinajstić information content (AvgIpc) is 2.90. The van der Waals surface area contributed by atoms with Gasteiger partial charge < -0.3 is 10.4 Å². The van der Waals surface area contributed by atoms with Crippen LogP contribution in [0, 0.1) is 5.92 Å². The molecule has 6 nitrogen and oxygen atoms in total. The van der Waals surface area contributed by atoms with Crippen LogP contribution >= 0.6 is 0 Å². The Labute approximate surface area is 156 Å². The van der Waals surface area contributed by atoms with E-state index in [4.69, 9.17) is 0 Å². The zero-order valence-electron chi connectivity index (χ0n) is 16.3. The zero-order chi connectivity index (χ0) is 18.5. The van der Waals surface area contributed by atoms with Crippen LogP contribution < -0.4 is 5.32 Å². The van der Waals surface area contributed by atoms with Crippen molar-refractivity contribution in [3.63, 3.8) is 0 Å². The molecule has 146 valence electrons. The fraction of sp³-hybridized carbons (Fsp3) is 0.800. The summed E-state index contributed by atoms with van der Waals surface area (Å²) in [4.78, 5) is 14.6. The lowest BCUT2D eigenvalue weighted by Crippen LogP contribution is -2.36. The maximum Gasteiger partial charge on any atom is 0.249 e. The van der Waals surface area contributed by atoms with Crippen LogP contribution in [0.4, 0.5) is 0 Å². The maximum atomic E-state index is 12.0. The molecule has 1 atom stereocenters. The van der Waals surface area contributed by atoms with Gasteiger partial charge in [-0.2, -0.15) is 5.10 Å². The number of hydrogen-bond donors (Lipinski definition) is 2. The Bertz CT molecular complexity index is 593. The number of fused-ring (bicyclic) bond motifs is 1. The molecule has 0 bridgehead atoms. The minimum atomic E-state index is -0.933. The summed E-state index contributed by atoms with van der Waals surface area (Å²) in [6.07, 6.45) is 7.43. The van der Waals surface area contributed by atoms with E-state index in [1.54, 1.807) is 0 Å². The molecule has 0 spiro atoms. The lowest BCUT2D eigenvalue weighted by Gasteiger charge is -2.33. The maximum absolute atomic E-state index is 12.0. The van der Waals surface area contributed by atoms with Gasteiger partial charge in [-0.05, 0) is 37.7 Å². The summed E-state index contributed by atoms with van der Waals surface area (Å²) in [7, 11) is 0. The molecule has 0 radical (unpaired) electrons. The van der Waals surface area contributed by atoms with E-state index in [-0.39, 0.29) is 5.91 Å². The number of nitrogens with one attached hydrogen (secondary N) is 1. The number of aliphatic hydroxyl groups is 1. The van der Waals surface area contributed by atoms with Crippen molar-refractivity contribution in [2.24, 2.45) is 5.92 Å². The molecule has 1 unspecified atom stereocenters. The lowest BCUT2D eigenvalue weighted by atomic mass is 9.94. The molecule has 2 aliphatic rings. The molecule has 2 heterocycles. The second kappa shape index (κ2) is 9.00. The molecular formula is C20H34N4O2. The van der Waals surface area contributed by atoms with Gasteiger partial charge in [0.15, 0.2) is 0 Å². The molecule has 1 aliphatic heterocycles. The first-order valence-corrected chi connectivity index (χ1v) is 10.3. The zero-order valence-corrected chi connectivity index (χ0v) is 16.3. The highest BCUT2D eigenvalue weighted by molar-refractivity contribution is 5.80. The topological polar surface area (TPSA) is 70.4 Å². The number of amides is 1. The molecule has 1 aliphatic carbocycles. The van der Waals surface area contributed by atoms with Crippen LogP contribution in [-0.2, 0) is 24.4 Å². The Kier molecular flexibility index (Phi) is 6.70. The van der Waals surface area contributed by atoms with Gasteiger partial charge >= 0.3 is 0 Å². The third kappa shape index (κ3) is 5.07. The number of carbonyl (C=O) groups is 1. The Balaban J connectivity index is 1.56. The Morgan fingerprint density at radius 1 is 1.27 bits per heavy atom. The minimum absolute atomic E-state index is 0.296. The quantitative estimate of drug-likeness (QED) is 0.815. The molecule has 0 saturated heterocycles. The van der Waals surface area contributed by atoms with Gasteiger partial charge in [0.1, 0.15) is 6.10 Å². The van der Waals surface area contributed by atoms with Crippen molar-refractivity contribution in [3.8, 4) is 0 Å².